The van der Waals surface area contributed by atoms with Crippen LogP contribution in [0.1, 0.15) is 85.3 Å². The molecule has 4 amide bonds. The summed E-state index contributed by atoms with van der Waals surface area (Å²) in [6, 6.07) is 6.29. The highest BCUT2D eigenvalue weighted by atomic mass is 16.6. The molecule has 0 unspecified atom stereocenters. The highest BCUT2D eigenvalue weighted by molar-refractivity contribution is 6.38. The Balaban J connectivity index is 1.76. The first-order valence-corrected chi connectivity index (χ1v) is 14.9. The molecule has 0 aromatic heterocycles. The smallest absolute Gasteiger partial charge is 0.408 e. The monoisotopic (exact) mass is 570 g/mol. The number of amides is 4. The molecule has 2 aliphatic rings. The van der Waals surface area contributed by atoms with Crippen LogP contribution >= 0.6 is 0 Å². The molecule has 1 aromatic rings. The number of carbonyl (C=O) groups is 5. The molecule has 10 heteroatoms. The van der Waals surface area contributed by atoms with Gasteiger partial charge in [-0.1, -0.05) is 63.9 Å². The van der Waals surface area contributed by atoms with Crippen LogP contribution in [0.2, 0.25) is 0 Å². The van der Waals surface area contributed by atoms with Crippen molar-refractivity contribution in [3.63, 3.8) is 0 Å². The molecular weight excluding hydrogens is 524 g/mol. The maximum Gasteiger partial charge on any atom is 0.408 e. The van der Waals surface area contributed by atoms with Gasteiger partial charge >= 0.3 is 6.09 Å². The van der Waals surface area contributed by atoms with Crippen molar-refractivity contribution in [2.75, 3.05) is 6.54 Å². The first-order valence-electron chi connectivity index (χ1n) is 14.9. The van der Waals surface area contributed by atoms with E-state index in [1.54, 1.807) is 25.7 Å². The zero-order valence-corrected chi connectivity index (χ0v) is 25.1. The van der Waals surface area contributed by atoms with Crippen molar-refractivity contribution >= 4 is 29.6 Å². The van der Waals surface area contributed by atoms with Gasteiger partial charge < -0.3 is 25.6 Å². The number of nitrogens with zero attached hydrogens (tertiary/aromatic N) is 1. The van der Waals surface area contributed by atoms with Gasteiger partial charge in [0, 0.05) is 6.54 Å². The van der Waals surface area contributed by atoms with Gasteiger partial charge in [0.15, 0.2) is 0 Å². The Kier molecular flexibility index (Phi) is 11.3. The van der Waals surface area contributed by atoms with Gasteiger partial charge in [-0.3, -0.25) is 19.2 Å². The van der Waals surface area contributed by atoms with Crippen LogP contribution in [0.3, 0.4) is 0 Å². The van der Waals surface area contributed by atoms with E-state index in [-0.39, 0.29) is 35.8 Å². The SMILES string of the molecule is CCC[C@@H](NC(=O)[C@@H]1[C@H]2CCC[C@H]2CN1C(=O)[C@@H](NC(=O)OC(C)C)C(C)C)C(=O)C(=O)N[C@@H](C)c1ccccc1. The molecule has 1 saturated heterocycles. The molecule has 1 aliphatic carbocycles. The number of hydrogen-bond acceptors (Lipinski definition) is 6. The van der Waals surface area contributed by atoms with Gasteiger partial charge in [0.2, 0.25) is 17.6 Å². The van der Waals surface area contributed by atoms with Gasteiger partial charge in [-0.2, -0.15) is 0 Å². The summed E-state index contributed by atoms with van der Waals surface area (Å²) in [5.74, 6) is -2.36. The van der Waals surface area contributed by atoms with Gasteiger partial charge in [-0.25, -0.2) is 4.79 Å². The van der Waals surface area contributed by atoms with E-state index in [1.165, 1.54) is 0 Å². The maximum absolute atomic E-state index is 13.8. The fraction of sp³-hybridized carbons (Fsp3) is 0.645. The standard InChI is InChI=1S/C31H46N4O6/c1-7-12-24(27(36)29(38)32-20(6)21-13-9-8-10-14-21)33-28(37)26-23-16-11-15-22(23)17-35(26)30(39)25(18(2)3)34-31(40)41-19(4)5/h8-10,13-14,18-20,22-26H,7,11-12,15-17H2,1-6H3,(H,32,38)(H,33,37)(H,34,40)/t20-,22-,23-,24+,25-,26-/m0/s1. The number of hydrogen-bond donors (Lipinski definition) is 3. The van der Waals surface area contributed by atoms with E-state index >= 15 is 0 Å². The topological polar surface area (TPSA) is 134 Å². The molecule has 0 bridgehead atoms. The zero-order valence-electron chi connectivity index (χ0n) is 25.1. The van der Waals surface area contributed by atoms with E-state index in [0.717, 1.165) is 24.8 Å². The Hall–Kier alpha value is -3.43. The summed E-state index contributed by atoms with van der Waals surface area (Å²) < 4.78 is 5.20. The van der Waals surface area contributed by atoms with Crippen molar-refractivity contribution in [2.24, 2.45) is 17.8 Å². The number of carbonyl (C=O) groups excluding carboxylic acids is 5. The van der Waals surface area contributed by atoms with E-state index in [4.69, 9.17) is 4.74 Å². The lowest BCUT2D eigenvalue weighted by Crippen LogP contribution is -2.58. The molecule has 3 N–H and O–H groups in total. The number of likely N-dealkylation sites (tertiary alicyclic amines) is 1. The molecule has 41 heavy (non-hydrogen) atoms. The lowest BCUT2D eigenvalue weighted by Gasteiger charge is -2.32. The molecule has 1 heterocycles. The first kappa shape index (κ1) is 32.1. The molecule has 226 valence electrons. The third-order valence-electron chi connectivity index (χ3n) is 8.07. The second-order valence-electron chi connectivity index (χ2n) is 11.9. The Morgan fingerprint density at radius 2 is 1.63 bits per heavy atom. The largest absolute Gasteiger partial charge is 0.447 e. The van der Waals surface area contributed by atoms with Crippen molar-refractivity contribution in [3.05, 3.63) is 35.9 Å². The Morgan fingerprint density at radius 3 is 2.24 bits per heavy atom. The number of nitrogens with one attached hydrogen (secondary N) is 3. The van der Waals surface area contributed by atoms with Crippen LogP contribution in [-0.2, 0) is 23.9 Å². The number of Topliss-reactive ketones (excluding diaryl/α,β-unsaturated/α-hetero) is 1. The number of ether oxygens (including phenoxy) is 1. The highest BCUT2D eigenvalue weighted by Gasteiger charge is 2.51. The fourth-order valence-corrected chi connectivity index (χ4v) is 6.00. The van der Waals surface area contributed by atoms with Gasteiger partial charge in [-0.15, -0.1) is 0 Å². The van der Waals surface area contributed by atoms with E-state index in [0.29, 0.717) is 19.4 Å². The Labute approximate surface area is 243 Å². The Morgan fingerprint density at radius 1 is 0.951 bits per heavy atom. The van der Waals surface area contributed by atoms with Crippen molar-refractivity contribution < 1.29 is 28.7 Å². The van der Waals surface area contributed by atoms with Crippen LogP contribution < -0.4 is 16.0 Å². The number of fused-ring (bicyclic) bond motifs is 1. The molecule has 10 nitrogen and oxygen atoms in total. The summed E-state index contributed by atoms with van der Waals surface area (Å²) in [7, 11) is 0. The van der Waals surface area contributed by atoms with E-state index < -0.39 is 41.8 Å². The minimum absolute atomic E-state index is 0.0429. The van der Waals surface area contributed by atoms with Crippen LogP contribution in [-0.4, -0.2) is 65.3 Å². The number of alkyl carbamates (subject to hydrolysis) is 1. The van der Waals surface area contributed by atoms with Gasteiger partial charge in [-0.05, 0) is 63.4 Å². The molecule has 2 fully saturated rings. The summed E-state index contributed by atoms with van der Waals surface area (Å²) >= 11 is 0. The fourth-order valence-electron chi connectivity index (χ4n) is 6.00. The van der Waals surface area contributed by atoms with Crippen LogP contribution in [0.25, 0.3) is 0 Å². The summed E-state index contributed by atoms with van der Waals surface area (Å²) in [5, 5.41) is 8.26. The maximum atomic E-state index is 13.8. The highest BCUT2D eigenvalue weighted by Crippen LogP contribution is 2.42. The summed E-state index contributed by atoms with van der Waals surface area (Å²) in [6.07, 6.45) is 2.51. The van der Waals surface area contributed by atoms with Crippen molar-refractivity contribution in [3.8, 4) is 0 Å². The summed E-state index contributed by atoms with van der Waals surface area (Å²) in [5.41, 5.74) is 0.864. The number of ketones is 1. The van der Waals surface area contributed by atoms with Crippen LogP contribution in [0.4, 0.5) is 4.79 Å². The minimum atomic E-state index is -1.01. The van der Waals surface area contributed by atoms with Crippen molar-refractivity contribution in [1.82, 2.24) is 20.9 Å². The van der Waals surface area contributed by atoms with Gasteiger partial charge in [0.05, 0.1) is 18.2 Å². The van der Waals surface area contributed by atoms with Crippen molar-refractivity contribution in [2.45, 2.75) is 104 Å². The Bertz CT molecular complexity index is 1090. The summed E-state index contributed by atoms with van der Waals surface area (Å²) in [6.45, 7) is 11.2. The van der Waals surface area contributed by atoms with E-state index in [9.17, 15) is 24.0 Å². The first-order chi connectivity index (χ1) is 19.4. The normalized spacial score (nSPS) is 22.0. The third-order valence-corrected chi connectivity index (χ3v) is 8.07. The molecule has 6 atom stereocenters. The second-order valence-corrected chi connectivity index (χ2v) is 11.9. The molecular formula is C31H46N4O6. The van der Waals surface area contributed by atoms with Crippen LogP contribution in [0, 0.1) is 17.8 Å². The van der Waals surface area contributed by atoms with E-state index in [2.05, 4.69) is 16.0 Å². The predicted octanol–water partition coefficient (Wildman–Crippen LogP) is 3.50. The summed E-state index contributed by atoms with van der Waals surface area (Å²) in [4.78, 5) is 67.7. The average molecular weight is 571 g/mol. The third kappa shape index (κ3) is 8.07. The van der Waals surface area contributed by atoms with Crippen molar-refractivity contribution in [1.29, 1.82) is 0 Å². The second kappa shape index (κ2) is 14.5. The average Bonchev–Trinajstić information content (AvgIpc) is 3.52. The molecule has 1 aromatic carbocycles. The van der Waals surface area contributed by atoms with Crippen LogP contribution in [0.15, 0.2) is 30.3 Å². The number of benzene rings is 1. The molecule has 1 saturated carbocycles. The predicted molar refractivity (Wildman–Crippen MR) is 155 cm³/mol. The van der Waals surface area contributed by atoms with Crippen LogP contribution in [0.5, 0.6) is 0 Å². The zero-order chi connectivity index (χ0) is 30.3. The quantitative estimate of drug-likeness (QED) is 0.330. The molecule has 3 rings (SSSR count). The van der Waals surface area contributed by atoms with Gasteiger partial charge in [0.1, 0.15) is 12.1 Å². The van der Waals surface area contributed by atoms with E-state index in [1.807, 2.05) is 51.1 Å². The lowest BCUT2D eigenvalue weighted by atomic mass is 9.92. The molecule has 1 aliphatic heterocycles. The molecule has 0 radical (unpaired) electrons. The lowest BCUT2D eigenvalue weighted by molar-refractivity contribution is -0.144. The van der Waals surface area contributed by atoms with Gasteiger partial charge in [0.25, 0.3) is 5.91 Å². The molecule has 0 spiro atoms. The number of rotatable bonds is 12. The minimum Gasteiger partial charge on any atom is -0.447 e.